The van der Waals surface area contributed by atoms with Crippen LogP contribution in [-0.4, -0.2) is 67.9 Å². The van der Waals surface area contributed by atoms with Crippen molar-refractivity contribution in [2.75, 3.05) is 51.3 Å². The lowest BCUT2D eigenvalue weighted by molar-refractivity contribution is 0.0571. The first-order valence-electron chi connectivity index (χ1n) is 9.29. The van der Waals surface area contributed by atoms with Crippen LogP contribution in [0.2, 0.25) is 0 Å². The van der Waals surface area contributed by atoms with Gasteiger partial charge in [0.1, 0.15) is 5.75 Å². The molecule has 2 heterocycles. The van der Waals surface area contributed by atoms with E-state index in [4.69, 9.17) is 9.47 Å². The molecular weight excluding hydrogens is 318 g/mol. The highest BCUT2D eigenvalue weighted by Crippen LogP contribution is 2.26. The van der Waals surface area contributed by atoms with Gasteiger partial charge in [-0.25, -0.2) is 4.79 Å². The van der Waals surface area contributed by atoms with Gasteiger partial charge < -0.3 is 19.7 Å². The molecule has 2 aliphatic rings. The minimum Gasteiger partial charge on any atom is -0.492 e. The van der Waals surface area contributed by atoms with Crippen LogP contribution in [0.5, 0.6) is 5.75 Å². The first kappa shape index (κ1) is 18.0. The fourth-order valence-corrected chi connectivity index (χ4v) is 3.41. The Hall–Kier alpha value is -1.79. The summed E-state index contributed by atoms with van der Waals surface area (Å²) in [4.78, 5) is 16.9. The molecule has 6 heteroatoms. The molecule has 0 aromatic heterocycles. The van der Waals surface area contributed by atoms with Gasteiger partial charge in [0, 0.05) is 39.3 Å². The normalized spacial score (nSPS) is 21.4. The molecule has 2 fully saturated rings. The fraction of sp³-hybridized carbons (Fsp3) is 0.632. The number of piperazine rings is 1. The van der Waals surface area contributed by atoms with E-state index in [0.29, 0.717) is 12.7 Å². The predicted molar refractivity (Wildman–Crippen MR) is 98.4 cm³/mol. The minimum absolute atomic E-state index is 0.0541. The molecule has 0 unspecified atom stereocenters. The highest BCUT2D eigenvalue weighted by atomic mass is 16.5. The van der Waals surface area contributed by atoms with Crippen LogP contribution in [0.4, 0.5) is 10.5 Å². The molecule has 1 N–H and O–H groups in total. The van der Waals surface area contributed by atoms with E-state index in [2.05, 4.69) is 10.2 Å². The monoisotopic (exact) mass is 347 g/mol. The standard InChI is InChI=1S/C19H29N3O3/c1-3-24-18-13-15(2)6-7-17(18)20-19(23)22-10-8-21(9-11-22)14-16-5-4-12-25-16/h6-7,13,16H,3-5,8-12,14H2,1-2H3,(H,20,23)/t16-/m0/s1. The maximum atomic E-state index is 12.6. The van der Waals surface area contributed by atoms with Crippen molar-refractivity contribution in [1.82, 2.24) is 9.80 Å². The SMILES string of the molecule is CCOc1cc(C)ccc1NC(=O)N1CCN(C[C@@H]2CCCO2)CC1. The van der Waals surface area contributed by atoms with Crippen LogP contribution in [0, 0.1) is 6.92 Å². The van der Waals surface area contributed by atoms with E-state index in [9.17, 15) is 4.79 Å². The van der Waals surface area contributed by atoms with E-state index < -0.39 is 0 Å². The van der Waals surface area contributed by atoms with Crippen molar-refractivity contribution in [2.45, 2.75) is 32.8 Å². The number of nitrogens with zero attached hydrogens (tertiary/aromatic N) is 2. The number of urea groups is 1. The van der Waals surface area contributed by atoms with Gasteiger partial charge in [-0.15, -0.1) is 0 Å². The molecular formula is C19H29N3O3. The Balaban J connectivity index is 1.51. The van der Waals surface area contributed by atoms with Gasteiger partial charge in [0.05, 0.1) is 18.4 Å². The lowest BCUT2D eigenvalue weighted by atomic mass is 10.2. The zero-order valence-corrected chi connectivity index (χ0v) is 15.3. The Morgan fingerprint density at radius 2 is 2.12 bits per heavy atom. The van der Waals surface area contributed by atoms with E-state index in [1.165, 1.54) is 6.42 Å². The summed E-state index contributed by atoms with van der Waals surface area (Å²) in [5, 5.41) is 3.00. The van der Waals surface area contributed by atoms with Gasteiger partial charge in [-0.2, -0.15) is 0 Å². The van der Waals surface area contributed by atoms with E-state index in [-0.39, 0.29) is 6.03 Å². The molecule has 1 atom stereocenters. The summed E-state index contributed by atoms with van der Waals surface area (Å²) in [6.45, 7) is 9.71. The van der Waals surface area contributed by atoms with Crippen molar-refractivity contribution in [2.24, 2.45) is 0 Å². The van der Waals surface area contributed by atoms with Crippen LogP contribution in [-0.2, 0) is 4.74 Å². The first-order valence-corrected chi connectivity index (χ1v) is 9.29. The van der Waals surface area contributed by atoms with Gasteiger partial charge in [0.2, 0.25) is 0 Å². The number of rotatable bonds is 5. The number of carbonyl (C=O) groups is 1. The molecule has 2 saturated heterocycles. The van der Waals surface area contributed by atoms with Gasteiger partial charge in [-0.3, -0.25) is 4.90 Å². The molecule has 0 aliphatic carbocycles. The number of aryl methyl sites for hydroxylation is 1. The van der Waals surface area contributed by atoms with Crippen LogP contribution in [0.15, 0.2) is 18.2 Å². The van der Waals surface area contributed by atoms with Gasteiger partial charge in [0.15, 0.2) is 0 Å². The zero-order chi connectivity index (χ0) is 17.6. The highest BCUT2D eigenvalue weighted by molar-refractivity contribution is 5.91. The van der Waals surface area contributed by atoms with E-state index in [0.717, 1.165) is 62.8 Å². The Kier molecular flexibility index (Phi) is 6.15. The second-order valence-corrected chi connectivity index (χ2v) is 6.79. The van der Waals surface area contributed by atoms with Crippen LogP contribution in [0.25, 0.3) is 0 Å². The summed E-state index contributed by atoms with van der Waals surface area (Å²) < 4.78 is 11.3. The minimum atomic E-state index is -0.0541. The largest absolute Gasteiger partial charge is 0.492 e. The van der Waals surface area contributed by atoms with Gasteiger partial charge >= 0.3 is 6.03 Å². The summed E-state index contributed by atoms with van der Waals surface area (Å²) in [6, 6.07) is 5.80. The van der Waals surface area contributed by atoms with Crippen molar-refractivity contribution in [1.29, 1.82) is 0 Å². The van der Waals surface area contributed by atoms with Crippen molar-refractivity contribution in [3.63, 3.8) is 0 Å². The molecule has 2 amide bonds. The van der Waals surface area contributed by atoms with Gasteiger partial charge in [-0.05, 0) is 44.4 Å². The van der Waals surface area contributed by atoms with Gasteiger partial charge in [0.25, 0.3) is 0 Å². The van der Waals surface area contributed by atoms with Crippen molar-refractivity contribution < 1.29 is 14.3 Å². The topological polar surface area (TPSA) is 54.0 Å². The lowest BCUT2D eigenvalue weighted by Crippen LogP contribution is -2.51. The highest BCUT2D eigenvalue weighted by Gasteiger charge is 2.25. The third-order valence-corrected chi connectivity index (χ3v) is 4.82. The number of hydrogen-bond acceptors (Lipinski definition) is 4. The van der Waals surface area contributed by atoms with E-state index in [1.54, 1.807) is 0 Å². The number of anilines is 1. The van der Waals surface area contributed by atoms with Crippen molar-refractivity contribution in [3.05, 3.63) is 23.8 Å². The molecule has 6 nitrogen and oxygen atoms in total. The molecule has 0 spiro atoms. The summed E-state index contributed by atoms with van der Waals surface area (Å²) in [7, 11) is 0. The third kappa shape index (κ3) is 4.86. The maximum Gasteiger partial charge on any atom is 0.322 e. The number of amides is 2. The Morgan fingerprint density at radius 3 is 2.80 bits per heavy atom. The Morgan fingerprint density at radius 1 is 1.32 bits per heavy atom. The van der Waals surface area contributed by atoms with E-state index in [1.807, 2.05) is 36.9 Å². The van der Waals surface area contributed by atoms with Gasteiger partial charge in [-0.1, -0.05) is 6.07 Å². The molecule has 1 aromatic carbocycles. The van der Waals surface area contributed by atoms with Crippen molar-refractivity contribution >= 4 is 11.7 Å². The average Bonchev–Trinajstić information content (AvgIpc) is 3.11. The molecule has 0 radical (unpaired) electrons. The molecule has 138 valence electrons. The second kappa shape index (κ2) is 8.54. The summed E-state index contributed by atoms with van der Waals surface area (Å²) >= 11 is 0. The molecule has 25 heavy (non-hydrogen) atoms. The number of carbonyl (C=O) groups excluding carboxylic acids is 1. The number of hydrogen-bond donors (Lipinski definition) is 1. The summed E-state index contributed by atoms with van der Waals surface area (Å²) in [6.07, 6.45) is 2.71. The molecule has 1 aromatic rings. The summed E-state index contributed by atoms with van der Waals surface area (Å²) in [5.74, 6) is 0.730. The lowest BCUT2D eigenvalue weighted by Gasteiger charge is -2.35. The number of ether oxygens (including phenoxy) is 2. The molecule has 0 saturated carbocycles. The zero-order valence-electron chi connectivity index (χ0n) is 15.3. The predicted octanol–water partition coefficient (Wildman–Crippen LogP) is 2.72. The van der Waals surface area contributed by atoms with Crippen LogP contribution in [0.3, 0.4) is 0 Å². The van der Waals surface area contributed by atoms with Crippen LogP contribution >= 0.6 is 0 Å². The number of nitrogens with one attached hydrogen (secondary N) is 1. The third-order valence-electron chi connectivity index (χ3n) is 4.82. The Bertz CT molecular complexity index is 579. The molecule has 0 bridgehead atoms. The molecule has 3 rings (SSSR count). The van der Waals surface area contributed by atoms with E-state index >= 15 is 0 Å². The first-order chi connectivity index (χ1) is 12.2. The van der Waals surface area contributed by atoms with Crippen LogP contribution in [0.1, 0.15) is 25.3 Å². The average molecular weight is 347 g/mol. The quantitative estimate of drug-likeness (QED) is 0.890. The molecule has 2 aliphatic heterocycles. The van der Waals surface area contributed by atoms with Crippen LogP contribution < -0.4 is 10.1 Å². The Labute approximate surface area is 150 Å². The second-order valence-electron chi connectivity index (χ2n) is 6.79. The van der Waals surface area contributed by atoms with Crippen molar-refractivity contribution in [3.8, 4) is 5.75 Å². The number of benzene rings is 1. The fourth-order valence-electron chi connectivity index (χ4n) is 3.41. The maximum absolute atomic E-state index is 12.6. The summed E-state index contributed by atoms with van der Waals surface area (Å²) in [5.41, 5.74) is 1.85. The smallest absolute Gasteiger partial charge is 0.322 e.